The standard InChI is InChI=1S/C4H8INO/c5-4(7-6)3-1-2-3/h3-4H,1-2,6H2. The number of nitrogens with two attached hydrogens (primary N) is 1. The zero-order valence-corrected chi connectivity index (χ0v) is 6.09. The molecule has 0 amide bonds. The molecule has 0 aliphatic heterocycles. The van der Waals surface area contributed by atoms with Crippen molar-refractivity contribution < 1.29 is 4.84 Å². The topological polar surface area (TPSA) is 35.2 Å². The fourth-order valence-electron chi connectivity index (χ4n) is 0.469. The van der Waals surface area contributed by atoms with Crippen molar-refractivity contribution in [2.24, 2.45) is 11.8 Å². The van der Waals surface area contributed by atoms with E-state index >= 15 is 0 Å². The molecule has 3 heteroatoms. The second kappa shape index (κ2) is 2.28. The Balaban J connectivity index is 2.10. The van der Waals surface area contributed by atoms with E-state index in [-0.39, 0.29) is 4.11 Å². The molecule has 2 nitrogen and oxygen atoms in total. The minimum atomic E-state index is 0.262. The summed E-state index contributed by atoms with van der Waals surface area (Å²) in [6, 6.07) is 0. The lowest BCUT2D eigenvalue weighted by Crippen LogP contribution is -2.10. The maximum absolute atomic E-state index is 4.91. The van der Waals surface area contributed by atoms with E-state index in [2.05, 4.69) is 27.4 Å². The third-order valence-electron chi connectivity index (χ3n) is 1.12. The van der Waals surface area contributed by atoms with E-state index in [1.165, 1.54) is 12.8 Å². The molecule has 1 fully saturated rings. The van der Waals surface area contributed by atoms with Gasteiger partial charge in [0.1, 0.15) is 4.11 Å². The molecule has 0 aromatic heterocycles. The van der Waals surface area contributed by atoms with Crippen LogP contribution in [0.5, 0.6) is 0 Å². The predicted octanol–water partition coefficient (Wildman–Crippen LogP) is 1.05. The van der Waals surface area contributed by atoms with Gasteiger partial charge in [0.15, 0.2) is 0 Å². The summed E-state index contributed by atoms with van der Waals surface area (Å²) >= 11 is 2.21. The summed E-state index contributed by atoms with van der Waals surface area (Å²) in [4.78, 5) is 4.56. The maximum Gasteiger partial charge on any atom is 0.132 e. The molecule has 2 N–H and O–H groups in total. The van der Waals surface area contributed by atoms with Crippen molar-refractivity contribution in [2.45, 2.75) is 17.0 Å². The molecule has 1 saturated carbocycles. The molecule has 7 heavy (non-hydrogen) atoms. The van der Waals surface area contributed by atoms with Crippen LogP contribution in [0.3, 0.4) is 0 Å². The highest BCUT2D eigenvalue weighted by molar-refractivity contribution is 14.1. The Morgan fingerprint density at radius 3 is 2.43 bits per heavy atom. The van der Waals surface area contributed by atoms with Gasteiger partial charge in [0, 0.05) is 0 Å². The summed E-state index contributed by atoms with van der Waals surface area (Å²) in [6.07, 6.45) is 2.59. The van der Waals surface area contributed by atoms with Crippen molar-refractivity contribution in [1.82, 2.24) is 0 Å². The number of hydrogen-bond acceptors (Lipinski definition) is 2. The molecule has 0 radical (unpaired) electrons. The van der Waals surface area contributed by atoms with E-state index in [1.54, 1.807) is 0 Å². The average molecular weight is 213 g/mol. The van der Waals surface area contributed by atoms with Gasteiger partial charge in [-0.2, -0.15) is 0 Å². The minimum Gasteiger partial charge on any atom is -0.290 e. The first kappa shape index (κ1) is 5.78. The van der Waals surface area contributed by atoms with Gasteiger partial charge in [-0.1, -0.05) is 0 Å². The van der Waals surface area contributed by atoms with Crippen LogP contribution in [-0.4, -0.2) is 4.11 Å². The highest BCUT2D eigenvalue weighted by atomic mass is 127. The van der Waals surface area contributed by atoms with Gasteiger partial charge >= 0.3 is 0 Å². The first-order chi connectivity index (χ1) is 3.34. The zero-order chi connectivity index (χ0) is 5.28. The molecule has 0 spiro atoms. The summed E-state index contributed by atoms with van der Waals surface area (Å²) in [5.74, 6) is 5.66. The Hall–Kier alpha value is 0.650. The van der Waals surface area contributed by atoms with Crippen LogP contribution >= 0.6 is 22.6 Å². The lowest BCUT2D eigenvalue weighted by molar-refractivity contribution is 0.113. The summed E-state index contributed by atoms with van der Waals surface area (Å²) in [7, 11) is 0. The van der Waals surface area contributed by atoms with Crippen molar-refractivity contribution in [2.75, 3.05) is 0 Å². The molecular weight excluding hydrogens is 205 g/mol. The van der Waals surface area contributed by atoms with Crippen LogP contribution in [0.15, 0.2) is 0 Å². The molecule has 1 atom stereocenters. The summed E-state index contributed by atoms with van der Waals surface area (Å²) in [6.45, 7) is 0. The number of rotatable bonds is 2. The molecule has 1 aliphatic carbocycles. The molecular formula is C4H8INO. The van der Waals surface area contributed by atoms with Gasteiger partial charge in [-0.25, -0.2) is 5.90 Å². The Kier molecular flexibility index (Phi) is 1.88. The number of halogens is 1. The SMILES string of the molecule is NOC(I)C1CC1. The first-order valence-electron chi connectivity index (χ1n) is 2.34. The normalized spacial score (nSPS) is 24.9. The Morgan fingerprint density at radius 1 is 1.71 bits per heavy atom. The van der Waals surface area contributed by atoms with Crippen LogP contribution in [0.1, 0.15) is 12.8 Å². The number of hydrogen-bond donors (Lipinski definition) is 1. The monoisotopic (exact) mass is 213 g/mol. The van der Waals surface area contributed by atoms with Crippen LogP contribution in [0, 0.1) is 5.92 Å². The summed E-state index contributed by atoms with van der Waals surface area (Å²) in [5, 5.41) is 0. The van der Waals surface area contributed by atoms with Crippen LogP contribution in [0.25, 0.3) is 0 Å². The van der Waals surface area contributed by atoms with Crippen molar-refractivity contribution in [3.8, 4) is 0 Å². The van der Waals surface area contributed by atoms with Gasteiger partial charge in [-0.05, 0) is 41.4 Å². The average Bonchev–Trinajstić information content (AvgIpc) is 2.44. The molecule has 0 aromatic rings. The fraction of sp³-hybridized carbons (Fsp3) is 1.00. The second-order valence-electron chi connectivity index (χ2n) is 1.82. The molecule has 0 bridgehead atoms. The molecule has 0 aromatic carbocycles. The third-order valence-corrected chi connectivity index (χ3v) is 2.43. The van der Waals surface area contributed by atoms with Crippen molar-refractivity contribution in [3.63, 3.8) is 0 Å². The number of alkyl halides is 1. The fourth-order valence-corrected chi connectivity index (χ4v) is 1.19. The molecule has 42 valence electrons. The minimum absolute atomic E-state index is 0.262. The van der Waals surface area contributed by atoms with Gasteiger partial charge in [-0.3, -0.25) is 4.84 Å². The van der Waals surface area contributed by atoms with E-state index in [1.807, 2.05) is 0 Å². The summed E-state index contributed by atoms with van der Waals surface area (Å²) in [5.41, 5.74) is 0. The van der Waals surface area contributed by atoms with Crippen molar-refractivity contribution >= 4 is 22.6 Å². The molecule has 1 rings (SSSR count). The highest BCUT2D eigenvalue weighted by Crippen LogP contribution is 2.36. The van der Waals surface area contributed by atoms with E-state index < -0.39 is 0 Å². The zero-order valence-electron chi connectivity index (χ0n) is 3.93. The van der Waals surface area contributed by atoms with Crippen LogP contribution in [-0.2, 0) is 4.84 Å². The van der Waals surface area contributed by atoms with Crippen LogP contribution in [0.4, 0.5) is 0 Å². The van der Waals surface area contributed by atoms with Gasteiger partial charge in [0.2, 0.25) is 0 Å². The highest BCUT2D eigenvalue weighted by Gasteiger charge is 2.29. The van der Waals surface area contributed by atoms with Crippen LogP contribution < -0.4 is 5.90 Å². The van der Waals surface area contributed by atoms with E-state index in [9.17, 15) is 0 Å². The van der Waals surface area contributed by atoms with Gasteiger partial charge in [0.25, 0.3) is 0 Å². The third kappa shape index (κ3) is 1.54. The molecule has 1 aliphatic rings. The molecule has 0 heterocycles. The summed E-state index contributed by atoms with van der Waals surface area (Å²) < 4.78 is 0.262. The Morgan fingerprint density at radius 2 is 2.29 bits per heavy atom. The van der Waals surface area contributed by atoms with Crippen molar-refractivity contribution in [1.29, 1.82) is 0 Å². The lowest BCUT2D eigenvalue weighted by Gasteiger charge is -2.00. The first-order valence-corrected chi connectivity index (χ1v) is 3.59. The molecule has 0 saturated heterocycles. The van der Waals surface area contributed by atoms with E-state index in [0.29, 0.717) is 0 Å². The Labute approximate surface area is 56.5 Å². The lowest BCUT2D eigenvalue weighted by atomic mass is 10.5. The van der Waals surface area contributed by atoms with E-state index in [4.69, 9.17) is 5.90 Å². The maximum atomic E-state index is 4.91. The van der Waals surface area contributed by atoms with Gasteiger partial charge in [0.05, 0.1) is 0 Å². The smallest absolute Gasteiger partial charge is 0.132 e. The van der Waals surface area contributed by atoms with Crippen molar-refractivity contribution in [3.05, 3.63) is 0 Å². The quantitative estimate of drug-likeness (QED) is 0.422. The largest absolute Gasteiger partial charge is 0.290 e. The van der Waals surface area contributed by atoms with Gasteiger partial charge < -0.3 is 0 Å². The van der Waals surface area contributed by atoms with E-state index in [0.717, 1.165) is 5.92 Å². The second-order valence-corrected chi connectivity index (χ2v) is 3.05. The molecule has 1 unspecified atom stereocenters. The Bertz CT molecular complexity index is 64.7. The predicted molar refractivity (Wildman–Crippen MR) is 35.8 cm³/mol. The van der Waals surface area contributed by atoms with Gasteiger partial charge in [-0.15, -0.1) is 0 Å². The van der Waals surface area contributed by atoms with Crippen LogP contribution in [0.2, 0.25) is 0 Å².